The van der Waals surface area contributed by atoms with Gasteiger partial charge in [0, 0.05) is 24.3 Å². The lowest BCUT2D eigenvalue weighted by molar-refractivity contribution is 0.0569. The number of nitrogens with one attached hydrogen (secondary N) is 1. The van der Waals surface area contributed by atoms with E-state index in [2.05, 4.69) is 10.2 Å². The van der Waals surface area contributed by atoms with Crippen molar-refractivity contribution in [2.75, 3.05) is 23.3 Å². The molecule has 3 aromatic rings. The van der Waals surface area contributed by atoms with Gasteiger partial charge in [0.2, 0.25) is 5.88 Å². The third-order valence-electron chi connectivity index (χ3n) is 7.42. The van der Waals surface area contributed by atoms with Gasteiger partial charge in [-0.3, -0.25) is 4.79 Å². The quantitative estimate of drug-likeness (QED) is 0.448. The first-order chi connectivity index (χ1) is 17.2. The van der Waals surface area contributed by atoms with Crippen molar-refractivity contribution >= 4 is 35.6 Å². The van der Waals surface area contributed by atoms with Crippen LogP contribution in [-0.4, -0.2) is 41.9 Å². The van der Waals surface area contributed by atoms with Gasteiger partial charge < -0.3 is 29.4 Å². The highest BCUT2D eigenvalue weighted by molar-refractivity contribution is 6.43. The number of aryl methyl sites for hydroxylation is 1. The molecule has 0 bridgehead atoms. The average Bonchev–Trinajstić information content (AvgIpc) is 3.20. The lowest BCUT2D eigenvalue weighted by atomic mass is 9.84. The molecule has 1 unspecified atom stereocenters. The highest BCUT2D eigenvalue weighted by Crippen LogP contribution is 2.39. The Balaban J connectivity index is 1.57. The number of fused-ring (bicyclic) bond motifs is 1. The molecule has 1 aromatic heterocycles. The topological polar surface area (TPSA) is 112 Å². The van der Waals surface area contributed by atoms with Crippen LogP contribution in [0.15, 0.2) is 45.6 Å². The van der Waals surface area contributed by atoms with E-state index in [0.717, 1.165) is 36.9 Å². The first kappa shape index (κ1) is 24.4. The van der Waals surface area contributed by atoms with E-state index in [4.69, 9.17) is 9.07 Å². The Bertz CT molecular complexity index is 1380. The van der Waals surface area contributed by atoms with Crippen LogP contribution in [-0.2, 0) is 4.65 Å². The molecule has 0 amide bonds. The molecule has 2 aliphatic heterocycles. The Hall–Kier alpha value is -3.30. The minimum atomic E-state index is -1.01. The maximum absolute atomic E-state index is 13.5. The van der Waals surface area contributed by atoms with Crippen LogP contribution < -0.4 is 15.6 Å². The number of para-hydroxylation sites is 1. The monoisotopic (exact) mass is 490 g/mol. The maximum atomic E-state index is 13.5. The smallest absolute Gasteiger partial charge is 0.454 e. The summed E-state index contributed by atoms with van der Waals surface area (Å²) in [5, 5.41) is 23.4. The summed E-state index contributed by atoms with van der Waals surface area (Å²) in [6.07, 6.45) is 3.12. The van der Waals surface area contributed by atoms with Crippen molar-refractivity contribution < 1.29 is 24.0 Å². The van der Waals surface area contributed by atoms with Gasteiger partial charge in [0.1, 0.15) is 5.58 Å². The third-order valence-corrected chi connectivity index (χ3v) is 7.42. The van der Waals surface area contributed by atoms with Crippen LogP contribution in [0.1, 0.15) is 59.3 Å². The van der Waals surface area contributed by atoms with Gasteiger partial charge in [0.05, 0.1) is 28.2 Å². The summed E-state index contributed by atoms with van der Waals surface area (Å²) in [5.74, 6) is -0.484. The first-order valence-corrected chi connectivity index (χ1v) is 12.4. The van der Waals surface area contributed by atoms with E-state index in [1.54, 1.807) is 31.2 Å². The molecule has 3 heterocycles. The van der Waals surface area contributed by atoms with E-state index in [1.165, 1.54) is 0 Å². The Morgan fingerprint density at radius 2 is 2.00 bits per heavy atom. The number of piperidine rings is 1. The average molecular weight is 490 g/mol. The standard InChI is InChI=1S/C27H31BN2O6/c1-16-13-20(18(3)29-22-8-5-4-7-19(22)26(32)33)24-21(14-16)23(31)17(2)25(35-24)30-12-6-9-27(15-30)10-11-28(34)36-27/h4-5,7-8,13-14,18,29,34H,6,9-12,15H2,1-3H3,(H,32,33)/t18-,27?/m1/s1. The predicted molar refractivity (Wildman–Crippen MR) is 140 cm³/mol. The Morgan fingerprint density at radius 3 is 2.72 bits per heavy atom. The zero-order valence-corrected chi connectivity index (χ0v) is 20.8. The van der Waals surface area contributed by atoms with Crippen LogP contribution in [0.25, 0.3) is 11.0 Å². The molecule has 188 valence electrons. The first-order valence-electron chi connectivity index (χ1n) is 12.4. The second kappa shape index (κ2) is 9.30. The molecule has 0 saturated carbocycles. The van der Waals surface area contributed by atoms with E-state index in [0.29, 0.717) is 41.0 Å². The molecule has 2 aromatic carbocycles. The van der Waals surface area contributed by atoms with Crippen LogP contribution >= 0.6 is 0 Å². The summed E-state index contributed by atoms with van der Waals surface area (Å²) >= 11 is 0. The number of carbonyl (C=O) groups is 1. The number of hydrogen-bond acceptors (Lipinski definition) is 7. The molecule has 2 atom stereocenters. The predicted octanol–water partition coefficient (Wildman–Crippen LogP) is 4.52. The zero-order valence-electron chi connectivity index (χ0n) is 20.8. The van der Waals surface area contributed by atoms with E-state index in [-0.39, 0.29) is 17.0 Å². The highest BCUT2D eigenvalue weighted by Gasteiger charge is 2.45. The molecule has 5 rings (SSSR count). The number of anilines is 2. The summed E-state index contributed by atoms with van der Waals surface area (Å²) in [6, 6.07) is 10.2. The van der Waals surface area contributed by atoms with E-state index in [1.807, 2.05) is 26.0 Å². The number of benzene rings is 2. The van der Waals surface area contributed by atoms with Crippen molar-refractivity contribution in [3.63, 3.8) is 0 Å². The zero-order chi connectivity index (χ0) is 25.6. The van der Waals surface area contributed by atoms with Crippen molar-refractivity contribution in [3.8, 4) is 0 Å². The summed E-state index contributed by atoms with van der Waals surface area (Å²) in [7, 11) is -0.746. The second-order valence-electron chi connectivity index (χ2n) is 10.1. The minimum absolute atomic E-state index is 0.0821. The van der Waals surface area contributed by atoms with Crippen molar-refractivity contribution in [1.29, 1.82) is 0 Å². The van der Waals surface area contributed by atoms with Crippen LogP contribution in [0, 0.1) is 13.8 Å². The molecular weight excluding hydrogens is 459 g/mol. The molecule has 9 heteroatoms. The summed E-state index contributed by atoms with van der Waals surface area (Å²) < 4.78 is 12.4. The highest BCUT2D eigenvalue weighted by atomic mass is 16.5. The van der Waals surface area contributed by atoms with Gasteiger partial charge in [-0.1, -0.05) is 18.2 Å². The van der Waals surface area contributed by atoms with Gasteiger partial charge >= 0.3 is 13.1 Å². The molecule has 36 heavy (non-hydrogen) atoms. The van der Waals surface area contributed by atoms with Gasteiger partial charge in [0.15, 0.2) is 5.43 Å². The van der Waals surface area contributed by atoms with Crippen molar-refractivity contribution in [2.24, 2.45) is 0 Å². The summed E-state index contributed by atoms with van der Waals surface area (Å²) in [6.45, 7) is 6.94. The number of rotatable bonds is 5. The van der Waals surface area contributed by atoms with Gasteiger partial charge in [0.25, 0.3) is 0 Å². The Morgan fingerprint density at radius 1 is 1.22 bits per heavy atom. The lowest BCUT2D eigenvalue weighted by Gasteiger charge is -2.41. The van der Waals surface area contributed by atoms with Gasteiger partial charge in [-0.15, -0.1) is 0 Å². The molecule has 2 saturated heterocycles. The largest absolute Gasteiger partial charge is 0.478 e. The van der Waals surface area contributed by atoms with Crippen LogP contribution in [0.3, 0.4) is 0 Å². The number of hydrogen-bond donors (Lipinski definition) is 3. The van der Waals surface area contributed by atoms with Gasteiger partial charge in [-0.05, 0) is 70.1 Å². The number of carboxylic acids is 1. The van der Waals surface area contributed by atoms with Gasteiger partial charge in [-0.2, -0.15) is 0 Å². The maximum Gasteiger partial charge on any atom is 0.454 e. The van der Waals surface area contributed by atoms with Crippen molar-refractivity contribution in [1.82, 2.24) is 0 Å². The molecule has 3 N–H and O–H groups in total. The number of nitrogens with zero attached hydrogens (tertiary/aromatic N) is 1. The molecule has 0 aliphatic carbocycles. The van der Waals surface area contributed by atoms with E-state index < -0.39 is 18.7 Å². The fourth-order valence-electron chi connectivity index (χ4n) is 5.65. The van der Waals surface area contributed by atoms with E-state index in [9.17, 15) is 19.7 Å². The third kappa shape index (κ3) is 4.37. The molecular formula is C27H31BN2O6. The summed E-state index contributed by atoms with van der Waals surface area (Å²) in [4.78, 5) is 27.3. The van der Waals surface area contributed by atoms with E-state index >= 15 is 0 Å². The Kier molecular flexibility index (Phi) is 6.30. The second-order valence-corrected chi connectivity index (χ2v) is 10.1. The summed E-state index contributed by atoms with van der Waals surface area (Å²) in [5.41, 5.74) is 2.90. The fraction of sp³-hybridized carbons (Fsp3) is 0.407. The van der Waals surface area contributed by atoms with Crippen LogP contribution in [0.2, 0.25) is 6.32 Å². The molecule has 2 fully saturated rings. The molecule has 1 spiro atoms. The minimum Gasteiger partial charge on any atom is -0.478 e. The number of aromatic carboxylic acids is 1. The number of carboxylic acid groups (broad SMARTS) is 1. The normalized spacial score (nSPS) is 20.8. The molecule has 2 aliphatic rings. The fourth-order valence-corrected chi connectivity index (χ4v) is 5.65. The van der Waals surface area contributed by atoms with Crippen LogP contribution in [0.5, 0.6) is 0 Å². The van der Waals surface area contributed by atoms with Gasteiger partial charge in [-0.25, -0.2) is 4.79 Å². The van der Waals surface area contributed by atoms with Crippen LogP contribution in [0.4, 0.5) is 11.6 Å². The Labute approximate surface area is 210 Å². The SMILES string of the molecule is Cc1cc([C@@H](C)Nc2ccccc2C(=O)O)c2oc(N3CCCC4(CCB(O)O4)C3)c(C)c(=O)c2c1. The lowest BCUT2D eigenvalue weighted by Crippen LogP contribution is -2.49. The van der Waals surface area contributed by atoms with Crippen molar-refractivity contribution in [3.05, 3.63) is 68.9 Å². The molecule has 0 radical (unpaired) electrons. The molecule has 8 nitrogen and oxygen atoms in total. The van der Waals surface area contributed by atoms with Crippen molar-refractivity contribution in [2.45, 2.75) is 58.0 Å².